The molecule has 1 N–H and O–H groups in total. The largest absolute Gasteiger partial charge is 0.471 e. The van der Waals surface area contributed by atoms with Gasteiger partial charge in [-0.2, -0.15) is 9.40 Å². The van der Waals surface area contributed by atoms with Gasteiger partial charge in [0, 0.05) is 30.0 Å². The first-order chi connectivity index (χ1) is 15.4. The summed E-state index contributed by atoms with van der Waals surface area (Å²) in [4.78, 5) is 12.7. The van der Waals surface area contributed by atoms with Crippen molar-refractivity contribution in [2.45, 2.75) is 11.6 Å². The summed E-state index contributed by atoms with van der Waals surface area (Å²) in [5.41, 5.74) is 0.664. The molecule has 0 aliphatic carbocycles. The molecule has 2 aromatic carbocycles. The van der Waals surface area contributed by atoms with Gasteiger partial charge in [0.2, 0.25) is 10.0 Å². The molecule has 0 bridgehead atoms. The number of morpholine rings is 1. The third-order valence-electron chi connectivity index (χ3n) is 4.77. The average Bonchev–Trinajstić information content (AvgIpc) is 3.29. The number of aromatic nitrogens is 2. The molecule has 1 amide bonds. The van der Waals surface area contributed by atoms with E-state index in [-0.39, 0.29) is 17.3 Å². The van der Waals surface area contributed by atoms with E-state index in [9.17, 15) is 13.2 Å². The van der Waals surface area contributed by atoms with E-state index in [0.717, 1.165) is 0 Å². The average molecular weight is 477 g/mol. The minimum Gasteiger partial charge on any atom is -0.471 e. The predicted octanol–water partition coefficient (Wildman–Crippen LogP) is 2.85. The van der Waals surface area contributed by atoms with Crippen LogP contribution in [0.3, 0.4) is 0 Å². The van der Waals surface area contributed by atoms with Gasteiger partial charge < -0.3 is 14.8 Å². The Bertz CT molecular complexity index is 1170. The molecular weight excluding hydrogens is 456 g/mol. The number of hydrogen-bond donors (Lipinski definition) is 1. The summed E-state index contributed by atoms with van der Waals surface area (Å²) in [6, 6.07) is 14.5. The Morgan fingerprint density at radius 3 is 2.44 bits per heavy atom. The number of ether oxygens (including phenoxy) is 2. The topological polar surface area (TPSA) is 103 Å². The second-order valence-electron chi connectivity index (χ2n) is 6.96. The normalized spacial score (nSPS) is 14.8. The van der Waals surface area contributed by atoms with Crippen LogP contribution in [-0.2, 0) is 21.5 Å². The summed E-state index contributed by atoms with van der Waals surface area (Å²) >= 11 is 5.85. The van der Waals surface area contributed by atoms with Crippen molar-refractivity contribution in [1.29, 1.82) is 0 Å². The van der Waals surface area contributed by atoms with Gasteiger partial charge in [-0.3, -0.25) is 4.79 Å². The summed E-state index contributed by atoms with van der Waals surface area (Å²) in [7, 11) is -3.58. The smallest absolute Gasteiger partial charge is 0.276 e. The van der Waals surface area contributed by atoms with Gasteiger partial charge in [-0.25, -0.2) is 13.1 Å². The number of sulfonamides is 1. The highest BCUT2D eigenvalue weighted by Gasteiger charge is 2.26. The van der Waals surface area contributed by atoms with Crippen molar-refractivity contribution in [3.63, 3.8) is 0 Å². The summed E-state index contributed by atoms with van der Waals surface area (Å²) in [5, 5.41) is 7.52. The van der Waals surface area contributed by atoms with E-state index in [1.807, 2.05) is 0 Å². The maximum absolute atomic E-state index is 12.7. The molecular formula is C21H21ClN4O5S. The van der Waals surface area contributed by atoms with E-state index < -0.39 is 15.9 Å². The highest BCUT2D eigenvalue weighted by Crippen LogP contribution is 2.20. The van der Waals surface area contributed by atoms with Gasteiger partial charge >= 0.3 is 0 Å². The molecule has 9 nitrogen and oxygen atoms in total. The van der Waals surface area contributed by atoms with E-state index in [1.165, 1.54) is 21.1 Å². The quantitative estimate of drug-likeness (QED) is 0.562. The first-order valence-electron chi connectivity index (χ1n) is 9.83. The molecule has 11 heteroatoms. The van der Waals surface area contributed by atoms with Gasteiger partial charge in [0.15, 0.2) is 12.4 Å². The van der Waals surface area contributed by atoms with Crippen molar-refractivity contribution in [3.8, 4) is 5.75 Å². The SMILES string of the molecule is O=C(Nc1ccc(S(=O)(=O)N2CCOCC2)cc1)c1ccn(COc2ccc(Cl)cc2)n1. The molecule has 0 radical (unpaired) electrons. The van der Waals surface area contributed by atoms with Crippen LogP contribution in [0.2, 0.25) is 5.02 Å². The Morgan fingerprint density at radius 2 is 1.75 bits per heavy atom. The summed E-state index contributed by atoms with van der Waals surface area (Å²) in [6.45, 7) is 1.54. The van der Waals surface area contributed by atoms with Crippen LogP contribution in [0.25, 0.3) is 0 Å². The summed E-state index contributed by atoms with van der Waals surface area (Å²) in [6.07, 6.45) is 1.63. The predicted molar refractivity (Wildman–Crippen MR) is 118 cm³/mol. The van der Waals surface area contributed by atoms with Crippen molar-refractivity contribution in [2.24, 2.45) is 0 Å². The monoisotopic (exact) mass is 476 g/mol. The molecule has 0 unspecified atom stereocenters. The molecule has 1 aliphatic rings. The highest BCUT2D eigenvalue weighted by molar-refractivity contribution is 7.89. The number of anilines is 1. The highest BCUT2D eigenvalue weighted by atomic mass is 35.5. The number of rotatable bonds is 7. The number of nitrogens with zero attached hydrogens (tertiary/aromatic N) is 3. The molecule has 4 rings (SSSR count). The number of nitrogens with one attached hydrogen (secondary N) is 1. The number of carbonyl (C=O) groups is 1. The van der Waals surface area contributed by atoms with Crippen LogP contribution < -0.4 is 10.1 Å². The maximum atomic E-state index is 12.7. The third kappa shape index (κ3) is 5.28. The van der Waals surface area contributed by atoms with Crippen LogP contribution >= 0.6 is 11.6 Å². The number of carbonyl (C=O) groups excluding carboxylic acids is 1. The number of amides is 1. The second kappa shape index (κ2) is 9.70. The zero-order valence-corrected chi connectivity index (χ0v) is 18.6. The van der Waals surface area contributed by atoms with Crippen molar-refractivity contribution in [3.05, 3.63) is 71.5 Å². The van der Waals surface area contributed by atoms with Gasteiger partial charge in [0.25, 0.3) is 5.91 Å². The van der Waals surface area contributed by atoms with Crippen LogP contribution in [0.1, 0.15) is 10.5 Å². The van der Waals surface area contributed by atoms with E-state index in [1.54, 1.807) is 48.7 Å². The molecule has 1 fully saturated rings. The van der Waals surface area contributed by atoms with Gasteiger partial charge in [0.05, 0.1) is 18.1 Å². The van der Waals surface area contributed by atoms with Crippen LogP contribution in [0.4, 0.5) is 5.69 Å². The third-order valence-corrected chi connectivity index (χ3v) is 6.94. The molecule has 1 saturated heterocycles. The first kappa shape index (κ1) is 22.3. The first-order valence-corrected chi connectivity index (χ1v) is 11.6. The number of benzene rings is 2. The Balaban J connectivity index is 1.35. The fourth-order valence-corrected chi connectivity index (χ4v) is 4.60. The minimum absolute atomic E-state index is 0.128. The van der Waals surface area contributed by atoms with Crippen LogP contribution in [0.15, 0.2) is 65.7 Å². The summed E-state index contributed by atoms with van der Waals surface area (Å²) in [5.74, 6) is 0.210. The van der Waals surface area contributed by atoms with Crippen molar-refractivity contribution in [1.82, 2.24) is 14.1 Å². The number of halogens is 1. The lowest BCUT2D eigenvalue weighted by atomic mass is 10.3. The van der Waals surface area contributed by atoms with Gasteiger partial charge in [-0.05, 0) is 54.6 Å². The Hall–Kier alpha value is -2.92. The van der Waals surface area contributed by atoms with Gasteiger partial charge in [-0.15, -0.1) is 0 Å². The molecule has 32 heavy (non-hydrogen) atoms. The minimum atomic E-state index is -3.58. The molecule has 0 spiro atoms. The fraction of sp³-hybridized carbons (Fsp3) is 0.238. The zero-order valence-electron chi connectivity index (χ0n) is 17.0. The molecule has 1 aliphatic heterocycles. The maximum Gasteiger partial charge on any atom is 0.276 e. The Kier molecular flexibility index (Phi) is 6.75. The molecule has 3 aromatic rings. The van der Waals surface area contributed by atoms with Crippen molar-refractivity contribution >= 4 is 33.2 Å². The Morgan fingerprint density at radius 1 is 1.06 bits per heavy atom. The zero-order chi connectivity index (χ0) is 22.6. The van der Waals surface area contributed by atoms with Crippen LogP contribution in [-0.4, -0.2) is 54.7 Å². The van der Waals surface area contributed by atoms with Crippen molar-refractivity contribution < 1.29 is 22.7 Å². The van der Waals surface area contributed by atoms with Crippen molar-refractivity contribution in [2.75, 3.05) is 31.6 Å². The molecule has 0 saturated carbocycles. The van der Waals surface area contributed by atoms with E-state index in [4.69, 9.17) is 21.1 Å². The number of hydrogen-bond acceptors (Lipinski definition) is 6. The molecule has 0 atom stereocenters. The second-order valence-corrected chi connectivity index (χ2v) is 9.34. The van der Waals surface area contributed by atoms with Gasteiger partial charge in [-0.1, -0.05) is 11.6 Å². The molecule has 2 heterocycles. The standard InChI is InChI=1S/C21H21ClN4O5S/c22-16-1-5-18(6-2-16)31-15-25-10-9-20(24-25)21(27)23-17-3-7-19(8-4-17)32(28,29)26-11-13-30-14-12-26/h1-10H,11-15H2,(H,23,27). The fourth-order valence-electron chi connectivity index (χ4n) is 3.07. The van der Waals surface area contributed by atoms with E-state index in [0.29, 0.717) is 42.8 Å². The Labute approximate surface area is 190 Å². The molecule has 168 valence electrons. The lowest BCUT2D eigenvalue weighted by molar-refractivity contribution is 0.0730. The van der Waals surface area contributed by atoms with Crippen LogP contribution in [0, 0.1) is 0 Å². The van der Waals surface area contributed by atoms with Gasteiger partial charge in [0.1, 0.15) is 5.75 Å². The lowest BCUT2D eigenvalue weighted by Gasteiger charge is -2.26. The van der Waals surface area contributed by atoms with E-state index >= 15 is 0 Å². The lowest BCUT2D eigenvalue weighted by Crippen LogP contribution is -2.40. The van der Waals surface area contributed by atoms with E-state index in [2.05, 4.69) is 10.4 Å². The molecule has 1 aromatic heterocycles. The van der Waals surface area contributed by atoms with Crippen LogP contribution in [0.5, 0.6) is 5.75 Å². The summed E-state index contributed by atoms with van der Waals surface area (Å²) < 4.78 is 39.0.